The first kappa shape index (κ1) is 21.3. The highest BCUT2D eigenvalue weighted by Crippen LogP contribution is 2.21. The summed E-state index contributed by atoms with van der Waals surface area (Å²) in [6.45, 7) is 5.36. The molecule has 2 saturated heterocycles. The monoisotopic (exact) mass is 449 g/mol. The summed E-state index contributed by atoms with van der Waals surface area (Å²) < 4.78 is 25.5. The average molecular weight is 450 g/mol. The van der Waals surface area contributed by atoms with Gasteiger partial charge in [-0.15, -0.1) is 10.2 Å². The van der Waals surface area contributed by atoms with E-state index in [2.05, 4.69) is 27.2 Å². The van der Waals surface area contributed by atoms with Crippen LogP contribution in [0.2, 0.25) is 0 Å². The van der Waals surface area contributed by atoms with Crippen LogP contribution in [0.25, 0.3) is 0 Å². The molecule has 2 fully saturated rings. The molecular formula is C20H27N5O3S2. The van der Waals surface area contributed by atoms with Crippen molar-refractivity contribution in [3.8, 4) is 0 Å². The first-order valence-corrected chi connectivity index (χ1v) is 13.0. The SMILES string of the molecule is Cc1nnc(SCC(=O)N2CCN(C3CCS(=O)(=O)C3)CC2)n1Cc1ccccc1. The van der Waals surface area contributed by atoms with Crippen LogP contribution in [-0.2, 0) is 21.2 Å². The normalized spacial score (nSPS) is 21.8. The molecule has 1 unspecified atom stereocenters. The topological polar surface area (TPSA) is 88.4 Å². The Kier molecular flexibility index (Phi) is 6.45. The third kappa shape index (κ3) is 5.04. The van der Waals surface area contributed by atoms with Crippen LogP contribution in [0.15, 0.2) is 35.5 Å². The van der Waals surface area contributed by atoms with Gasteiger partial charge in [0.2, 0.25) is 5.91 Å². The van der Waals surface area contributed by atoms with Gasteiger partial charge in [0.15, 0.2) is 15.0 Å². The Bertz CT molecular complexity index is 985. The van der Waals surface area contributed by atoms with Gasteiger partial charge in [-0.1, -0.05) is 42.1 Å². The van der Waals surface area contributed by atoms with Gasteiger partial charge in [-0.2, -0.15) is 0 Å². The molecule has 162 valence electrons. The summed E-state index contributed by atoms with van der Waals surface area (Å²) in [6, 6.07) is 10.2. The lowest BCUT2D eigenvalue weighted by Crippen LogP contribution is -2.52. The van der Waals surface area contributed by atoms with Crippen LogP contribution in [0.4, 0.5) is 0 Å². The molecule has 10 heteroatoms. The number of hydrogen-bond acceptors (Lipinski definition) is 7. The highest BCUT2D eigenvalue weighted by Gasteiger charge is 2.34. The maximum absolute atomic E-state index is 12.7. The molecule has 0 bridgehead atoms. The minimum Gasteiger partial charge on any atom is -0.339 e. The molecule has 0 N–H and O–H groups in total. The van der Waals surface area contributed by atoms with Gasteiger partial charge in [-0.3, -0.25) is 9.69 Å². The number of piperazine rings is 1. The van der Waals surface area contributed by atoms with Crippen molar-refractivity contribution in [3.63, 3.8) is 0 Å². The smallest absolute Gasteiger partial charge is 0.233 e. The molecule has 0 aliphatic carbocycles. The van der Waals surface area contributed by atoms with Gasteiger partial charge in [0.25, 0.3) is 0 Å². The number of amides is 1. The second kappa shape index (κ2) is 9.07. The summed E-state index contributed by atoms with van der Waals surface area (Å²) in [5.74, 6) is 1.79. The summed E-state index contributed by atoms with van der Waals surface area (Å²) >= 11 is 1.42. The van der Waals surface area contributed by atoms with Crippen LogP contribution in [0.1, 0.15) is 17.8 Å². The molecule has 1 atom stereocenters. The zero-order valence-electron chi connectivity index (χ0n) is 17.1. The zero-order chi connectivity index (χ0) is 21.1. The number of thioether (sulfide) groups is 1. The lowest BCUT2D eigenvalue weighted by Gasteiger charge is -2.37. The second-order valence-corrected chi connectivity index (χ2v) is 11.0. The molecule has 8 nitrogen and oxygen atoms in total. The Balaban J connectivity index is 1.29. The van der Waals surface area contributed by atoms with Crippen molar-refractivity contribution in [1.29, 1.82) is 0 Å². The van der Waals surface area contributed by atoms with E-state index in [0.29, 0.717) is 31.8 Å². The number of aromatic nitrogens is 3. The van der Waals surface area contributed by atoms with Crippen LogP contribution in [0.3, 0.4) is 0 Å². The summed E-state index contributed by atoms with van der Waals surface area (Å²) in [7, 11) is -2.88. The highest BCUT2D eigenvalue weighted by molar-refractivity contribution is 7.99. The van der Waals surface area contributed by atoms with Gasteiger partial charge in [0.1, 0.15) is 5.82 Å². The first-order chi connectivity index (χ1) is 14.4. The lowest BCUT2D eigenvalue weighted by atomic mass is 10.2. The summed E-state index contributed by atoms with van der Waals surface area (Å²) in [4.78, 5) is 16.8. The van der Waals surface area contributed by atoms with Crippen molar-refractivity contribution in [2.75, 3.05) is 43.4 Å². The van der Waals surface area contributed by atoms with Crippen LogP contribution in [-0.4, -0.2) is 88.4 Å². The maximum Gasteiger partial charge on any atom is 0.233 e. The zero-order valence-corrected chi connectivity index (χ0v) is 18.7. The Morgan fingerprint density at radius 3 is 2.53 bits per heavy atom. The lowest BCUT2D eigenvalue weighted by molar-refractivity contribution is -0.130. The molecule has 3 heterocycles. The first-order valence-electron chi connectivity index (χ1n) is 10.2. The van der Waals surface area contributed by atoms with E-state index in [1.54, 1.807) is 0 Å². The molecule has 0 spiro atoms. The Labute approximate surface area is 181 Å². The fraction of sp³-hybridized carbons (Fsp3) is 0.550. The molecule has 1 aromatic carbocycles. The van der Waals surface area contributed by atoms with Gasteiger partial charge in [-0.25, -0.2) is 8.42 Å². The van der Waals surface area contributed by atoms with Crippen molar-refractivity contribution in [1.82, 2.24) is 24.6 Å². The number of benzene rings is 1. The minimum absolute atomic E-state index is 0.0885. The largest absolute Gasteiger partial charge is 0.339 e. The van der Waals surface area contributed by atoms with Gasteiger partial charge in [0.05, 0.1) is 23.8 Å². The summed E-state index contributed by atoms with van der Waals surface area (Å²) in [6.07, 6.45) is 0.711. The summed E-state index contributed by atoms with van der Waals surface area (Å²) in [5.41, 5.74) is 1.17. The Morgan fingerprint density at radius 2 is 1.87 bits per heavy atom. The van der Waals surface area contributed by atoms with Gasteiger partial charge in [-0.05, 0) is 18.9 Å². The predicted molar refractivity (Wildman–Crippen MR) is 116 cm³/mol. The van der Waals surface area contributed by atoms with E-state index in [9.17, 15) is 13.2 Å². The van der Waals surface area contributed by atoms with Crippen molar-refractivity contribution in [2.24, 2.45) is 0 Å². The van der Waals surface area contributed by atoms with E-state index in [1.165, 1.54) is 17.3 Å². The molecule has 4 rings (SSSR count). The van der Waals surface area contributed by atoms with Gasteiger partial charge in [0, 0.05) is 32.2 Å². The third-order valence-electron chi connectivity index (χ3n) is 5.80. The molecule has 0 saturated carbocycles. The van der Waals surface area contributed by atoms with Crippen LogP contribution in [0.5, 0.6) is 0 Å². The van der Waals surface area contributed by atoms with Crippen LogP contribution in [0, 0.1) is 6.92 Å². The fourth-order valence-corrected chi connectivity index (χ4v) is 6.68. The number of carbonyl (C=O) groups is 1. The number of nitrogens with zero attached hydrogens (tertiary/aromatic N) is 5. The predicted octanol–water partition coefficient (Wildman–Crippen LogP) is 1.06. The third-order valence-corrected chi connectivity index (χ3v) is 8.50. The summed E-state index contributed by atoms with van der Waals surface area (Å²) in [5, 5.41) is 9.18. The number of rotatable bonds is 6. The number of carbonyl (C=O) groups excluding carboxylic acids is 1. The van der Waals surface area contributed by atoms with E-state index in [4.69, 9.17) is 0 Å². The Hall–Kier alpha value is -1.91. The van der Waals surface area contributed by atoms with Crippen LogP contribution >= 0.6 is 11.8 Å². The maximum atomic E-state index is 12.7. The quantitative estimate of drug-likeness (QED) is 0.609. The van der Waals surface area contributed by atoms with Crippen LogP contribution < -0.4 is 0 Å². The molecule has 1 aromatic heterocycles. The van der Waals surface area contributed by atoms with E-state index in [-0.39, 0.29) is 23.5 Å². The van der Waals surface area contributed by atoms with Crippen molar-refractivity contribution in [2.45, 2.75) is 31.1 Å². The standard InChI is InChI=1S/C20H27N5O3S2/c1-16-21-22-20(25(16)13-17-5-3-2-4-6-17)29-14-19(26)24-10-8-23(9-11-24)18-7-12-30(27,28)15-18/h2-6,18H,7-15H2,1H3. The fourth-order valence-electron chi connectivity index (χ4n) is 4.03. The minimum atomic E-state index is -2.88. The van der Waals surface area contributed by atoms with E-state index >= 15 is 0 Å². The van der Waals surface area contributed by atoms with Gasteiger partial charge >= 0.3 is 0 Å². The van der Waals surface area contributed by atoms with Gasteiger partial charge < -0.3 is 9.47 Å². The number of hydrogen-bond donors (Lipinski definition) is 0. The molecule has 30 heavy (non-hydrogen) atoms. The van der Waals surface area contributed by atoms with Crippen molar-refractivity contribution < 1.29 is 13.2 Å². The molecule has 2 aliphatic heterocycles. The average Bonchev–Trinajstić information content (AvgIpc) is 3.29. The molecule has 2 aliphatic rings. The molecular weight excluding hydrogens is 422 g/mol. The van der Waals surface area contributed by atoms with Crippen molar-refractivity contribution >= 4 is 27.5 Å². The van der Waals surface area contributed by atoms with E-state index in [1.807, 2.05) is 34.6 Å². The molecule has 0 radical (unpaired) electrons. The highest BCUT2D eigenvalue weighted by atomic mass is 32.2. The number of sulfone groups is 1. The van der Waals surface area contributed by atoms with E-state index < -0.39 is 9.84 Å². The molecule has 2 aromatic rings. The molecule has 1 amide bonds. The second-order valence-electron chi connectivity index (χ2n) is 7.86. The Morgan fingerprint density at radius 1 is 1.13 bits per heavy atom. The van der Waals surface area contributed by atoms with Crippen molar-refractivity contribution in [3.05, 3.63) is 41.7 Å². The number of aryl methyl sites for hydroxylation is 1. The van der Waals surface area contributed by atoms with E-state index in [0.717, 1.165) is 24.1 Å².